The van der Waals surface area contributed by atoms with E-state index in [-0.39, 0.29) is 17.9 Å². The van der Waals surface area contributed by atoms with Crippen LogP contribution in [0.2, 0.25) is 0 Å². The minimum Gasteiger partial charge on any atom is -0.396 e. The lowest BCUT2D eigenvalue weighted by Gasteiger charge is -2.27. The molecule has 4 nitrogen and oxygen atoms in total. The van der Waals surface area contributed by atoms with E-state index in [0.717, 1.165) is 6.07 Å². The Morgan fingerprint density at radius 3 is 2.72 bits per heavy atom. The van der Waals surface area contributed by atoms with Gasteiger partial charge in [-0.3, -0.25) is 4.79 Å². The van der Waals surface area contributed by atoms with E-state index >= 15 is 0 Å². The predicted octanol–water partition coefficient (Wildman–Crippen LogP) is 2.06. The number of rotatable bonds is 4. The molecular weight excluding hydrogens is 303 g/mol. The van der Waals surface area contributed by atoms with Crippen molar-refractivity contribution in [1.29, 1.82) is 0 Å². The van der Waals surface area contributed by atoms with Gasteiger partial charge in [0.05, 0.1) is 23.4 Å². The summed E-state index contributed by atoms with van der Waals surface area (Å²) in [4.78, 5) is 12.0. The number of amides is 1. The van der Waals surface area contributed by atoms with E-state index in [1.807, 2.05) is 6.92 Å². The van der Waals surface area contributed by atoms with Gasteiger partial charge >= 0.3 is 0 Å². The first-order valence-electron chi connectivity index (χ1n) is 5.51. The van der Waals surface area contributed by atoms with Crippen molar-refractivity contribution >= 4 is 27.5 Å². The van der Waals surface area contributed by atoms with Gasteiger partial charge in [0.1, 0.15) is 5.82 Å². The van der Waals surface area contributed by atoms with E-state index in [9.17, 15) is 14.3 Å². The summed E-state index contributed by atoms with van der Waals surface area (Å²) in [6.07, 6.45) is 0.573. The molecule has 0 fully saturated rings. The Labute approximate surface area is 113 Å². The number of hydrogen-bond donors (Lipinski definition) is 3. The number of anilines is 1. The maximum Gasteiger partial charge on any atom is 0.253 e. The number of benzene rings is 1. The van der Waals surface area contributed by atoms with Crippen LogP contribution in [0.4, 0.5) is 10.1 Å². The van der Waals surface area contributed by atoms with Gasteiger partial charge in [-0.15, -0.1) is 0 Å². The highest BCUT2D eigenvalue weighted by Gasteiger charge is 2.25. The van der Waals surface area contributed by atoms with Gasteiger partial charge in [-0.05, 0) is 41.4 Å². The summed E-state index contributed by atoms with van der Waals surface area (Å²) in [7, 11) is 0. The van der Waals surface area contributed by atoms with E-state index in [4.69, 9.17) is 5.73 Å². The number of nitrogen functional groups attached to an aromatic ring is 1. The molecule has 6 heteroatoms. The second kappa shape index (κ2) is 5.67. The van der Waals surface area contributed by atoms with Gasteiger partial charge in [0, 0.05) is 4.47 Å². The topological polar surface area (TPSA) is 75.3 Å². The van der Waals surface area contributed by atoms with E-state index in [2.05, 4.69) is 21.2 Å². The van der Waals surface area contributed by atoms with Crippen LogP contribution in [0.25, 0.3) is 0 Å². The first-order valence-corrected chi connectivity index (χ1v) is 6.30. The average molecular weight is 319 g/mol. The monoisotopic (exact) mass is 318 g/mol. The predicted molar refractivity (Wildman–Crippen MR) is 71.8 cm³/mol. The Morgan fingerprint density at radius 2 is 2.22 bits per heavy atom. The number of hydrogen-bond acceptors (Lipinski definition) is 3. The van der Waals surface area contributed by atoms with Crippen molar-refractivity contribution in [2.45, 2.75) is 25.8 Å². The standard InChI is InChI=1S/C12H16BrFN2O2/c1-3-12(2,6-17)16-11(18)7-4-10(15)9(14)5-8(7)13/h4-5,17H,3,6,15H2,1-2H3,(H,16,18). The SMILES string of the molecule is CCC(C)(CO)NC(=O)c1cc(N)c(F)cc1Br. The number of aliphatic hydroxyl groups excluding tert-OH is 1. The molecule has 0 saturated carbocycles. The summed E-state index contributed by atoms with van der Waals surface area (Å²) >= 11 is 3.11. The normalized spacial score (nSPS) is 14.1. The van der Waals surface area contributed by atoms with Crippen LogP contribution < -0.4 is 11.1 Å². The average Bonchev–Trinajstić information content (AvgIpc) is 2.33. The molecule has 1 unspecified atom stereocenters. The van der Waals surface area contributed by atoms with Crippen LogP contribution in [0.15, 0.2) is 16.6 Å². The zero-order valence-corrected chi connectivity index (χ0v) is 11.8. The maximum atomic E-state index is 13.2. The number of nitrogens with two attached hydrogens (primary N) is 1. The highest BCUT2D eigenvalue weighted by Crippen LogP contribution is 2.23. The van der Waals surface area contributed by atoms with Crippen molar-refractivity contribution in [3.63, 3.8) is 0 Å². The van der Waals surface area contributed by atoms with E-state index in [1.54, 1.807) is 6.92 Å². The first kappa shape index (κ1) is 14.9. The summed E-state index contributed by atoms with van der Waals surface area (Å²) < 4.78 is 13.5. The number of carbonyl (C=O) groups excluding carboxylic acids is 1. The summed E-state index contributed by atoms with van der Waals surface area (Å²) in [5.41, 5.74) is 4.87. The Kier molecular flexibility index (Phi) is 4.70. The van der Waals surface area contributed by atoms with Crippen LogP contribution in [0.3, 0.4) is 0 Å². The van der Waals surface area contributed by atoms with E-state index in [0.29, 0.717) is 10.9 Å². The van der Waals surface area contributed by atoms with Crippen LogP contribution in [-0.4, -0.2) is 23.2 Å². The third-order valence-electron chi connectivity index (χ3n) is 2.88. The van der Waals surface area contributed by atoms with Crippen LogP contribution in [0, 0.1) is 5.82 Å². The molecule has 100 valence electrons. The number of carbonyl (C=O) groups is 1. The van der Waals surface area contributed by atoms with Crippen LogP contribution in [0.5, 0.6) is 0 Å². The minimum atomic E-state index is -0.709. The Morgan fingerprint density at radius 1 is 1.61 bits per heavy atom. The van der Waals surface area contributed by atoms with Crippen molar-refractivity contribution in [2.24, 2.45) is 0 Å². The number of aliphatic hydroxyl groups is 1. The smallest absolute Gasteiger partial charge is 0.253 e. The molecule has 0 aromatic heterocycles. The summed E-state index contributed by atoms with van der Waals surface area (Å²) in [5, 5.41) is 11.9. The molecule has 1 aromatic carbocycles. The third-order valence-corrected chi connectivity index (χ3v) is 3.53. The van der Waals surface area contributed by atoms with Crippen molar-refractivity contribution in [2.75, 3.05) is 12.3 Å². The highest BCUT2D eigenvalue weighted by atomic mass is 79.9. The number of nitrogens with one attached hydrogen (secondary N) is 1. The molecule has 0 radical (unpaired) electrons. The number of halogens is 2. The second-order valence-corrected chi connectivity index (χ2v) is 5.23. The lowest BCUT2D eigenvalue weighted by molar-refractivity contribution is 0.0846. The van der Waals surface area contributed by atoms with Gasteiger partial charge in [0.25, 0.3) is 5.91 Å². The van der Waals surface area contributed by atoms with Gasteiger partial charge in [-0.1, -0.05) is 6.92 Å². The minimum absolute atomic E-state index is 0.0921. The van der Waals surface area contributed by atoms with Crippen molar-refractivity contribution < 1.29 is 14.3 Å². The Bertz CT molecular complexity index is 462. The highest BCUT2D eigenvalue weighted by molar-refractivity contribution is 9.10. The molecule has 0 aliphatic carbocycles. The van der Waals surface area contributed by atoms with Crippen molar-refractivity contribution in [3.8, 4) is 0 Å². The molecule has 0 bridgehead atoms. The van der Waals surface area contributed by atoms with Crippen LogP contribution >= 0.6 is 15.9 Å². The van der Waals surface area contributed by atoms with Crippen LogP contribution in [-0.2, 0) is 0 Å². The van der Waals surface area contributed by atoms with Gasteiger partial charge in [0.2, 0.25) is 0 Å². The lowest BCUT2D eigenvalue weighted by atomic mass is 9.99. The molecular formula is C12H16BrFN2O2. The van der Waals surface area contributed by atoms with Gasteiger partial charge in [-0.2, -0.15) is 0 Å². The molecule has 18 heavy (non-hydrogen) atoms. The summed E-state index contributed by atoms with van der Waals surface area (Å²) in [6, 6.07) is 2.41. The Hall–Kier alpha value is -1.14. The molecule has 4 N–H and O–H groups in total. The molecule has 0 aliphatic heterocycles. The molecule has 0 spiro atoms. The zero-order valence-electron chi connectivity index (χ0n) is 10.3. The van der Waals surface area contributed by atoms with Gasteiger partial charge in [0.15, 0.2) is 0 Å². The van der Waals surface area contributed by atoms with Crippen molar-refractivity contribution in [3.05, 3.63) is 28.0 Å². The molecule has 1 amide bonds. The molecule has 0 heterocycles. The molecule has 1 aromatic rings. The Balaban J connectivity index is 3.01. The molecule has 0 saturated heterocycles. The largest absolute Gasteiger partial charge is 0.396 e. The third kappa shape index (κ3) is 3.20. The maximum absolute atomic E-state index is 13.2. The fourth-order valence-corrected chi connectivity index (χ4v) is 1.82. The van der Waals surface area contributed by atoms with E-state index < -0.39 is 17.3 Å². The lowest BCUT2D eigenvalue weighted by Crippen LogP contribution is -2.48. The molecule has 0 aliphatic rings. The second-order valence-electron chi connectivity index (χ2n) is 4.38. The van der Waals surface area contributed by atoms with Crippen molar-refractivity contribution in [1.82, 2.24) is 5.32 Å². The first-order chi connectivity index (χ1) is 8.33. The fourth-order valence-electron chi connectivity index (χ4n) is 1.32. The quantitative estimate of drug-likeness (QED) is 0.744. The molecule has 1 atom stereocenters. The fraction of sp³-hybridized carbons (Fsp3) is 0.417. The van der Waals surface area contributed by atoms with Crippen LogP contribution in [0.1, 0.15) is 30.6 Å². The van der Waals surface area contributed by atoms with Gasteiger partial charge < -0.3 is 16.2 Å². The zero-order chi connectivity index (χ0) is 13.9. The van der Waals surface area contributed by atoms with E-state index in [1.165, 1.54) is 6.07 Å². The van der Waals surface area contributed by atoms with Gasteiger partial charge in [-0.25, -0.2) is 4.39 Å². The summed E-state index contributed by atoms with van der Waals surface area (Å²) in [5.74, 6) is -0.995. The molecule has 1 rings (SSSR count). The summed E-state index contributed by atoms with van der Waals surface area (Å²) in [6.45, 7) is 3.40.